The summed E-state index contributed by atoms with van der Waals surface area (Å²) in [7, 11) is 0. The first-order chi connectivity index (χ1) is 10.1. The Bertz CT molecular complexity index is 620. The largest absolute Gasteiger partial charge is 0.311 e. The van der Waals surface area contributed by atoms with E-state index in [2.05, 4.69) is 4.99 Å². The van der Waals surface area contributed by atoms with Gasteiger partial charge in [0.15, 0.2) is 0 Å². The lowest BCUT2D eigenvalue weighted by atomic mass is 10.2. The standard InChI is InChI=1S/C13H13N3O3S2/c17-12-11(21-13-14-5-7-20-13)4-6-15(12)9-2-1-3-10(8-9)16(18)19/h1-3,8,11H,4-7H2/t11-/m1/s1. The van der Waals surface area contributed by atoms with Crippen LogP contribution in [-0.2, 0) is 4.79 Å². The molecule has 3 rings (SSSR count). The number of nitro groups is 1. The van der Waals surface area contributed by atoms with Gasteiger partial charge in [0.25, 0.3) is 5.69 Å². The molecule has 2 aliphatic rings. The summed E-state index contributed by atoms with van der Waals surface area (Å²) in [5.41, 5.74) is 0.602. The third-order valence-electron chi connectivity index (χ3n) is 3.31. The molecule has 21 heavy (non-hydrogen) atoms. The maximum absolute atomic E-state index is 12.4. The van der Waals surface area contributed by atoms with Gasteiger partial charge in [-0.2, -0.15) is 0 Å². The summed E-state index contributed by atoms with van der Waals surface area (Å²) in [4.78, 5) is 28.8. The number of non-ortho nitro benzene ring substituents is 1. The van der Waals surface area contributed by atoms with Crippen molar-refractivity contribution in [3.05, 3.63) is 34.4 Å². The van der Waals surface area contributed by atoms with Crippen LogP contribution in [0.3, 0.4) is 0 Å². The van der Waals surface area contributed by atoms with Gasteiger partial charge >= 0.3 is 0 Å². The number of carbonyl (C=O) groups is 1. The van der Waals surface area contributed by atoms with Gasteiger partial charge in [0.05, 0.1) is 22.4 Å². The van der Waals surface area contributed by atoms with E-state index in [1.54, 1.807) is 28.8 Å². The lowest BCUT2D eigenvalue weighted by Crippen LogP contribution is -2.28. The van der Waals surface area contributed by atoms with E-state index in [9.17, 15) is 14.9 Å². The number of nitro benzene ring substituents is 1. The number of aliphatic imine (C=N–C) groups is 1. The molecule has 1 aromatic rings. The Morgan fingerprint density at radius 2 is 2.33 bits per heavy atom. The van der Waals surface area contributed by atoms with Gasteiger partial charge in [0.1, 0.15) is 4.38 Å². The van der Waals surface area contributed by atoms with Crippen LogP contribution in [0.4, 0.5) is 11.4 Å². The molecule has 8 heteroatoms. The SMILES string of the molecule is O=C1[C@H](SC2=NCCS2)CCN1c1cccc([N+](=O)[O-])c1. The number of rotatable bonds is 3. The highest BCUT2D eigenvalue weighted by atomic mass is 32.2. The molecule has 0 spiro atoms. The zero-order chi connectivity index (χ0) is 14.8. The maximum atomic E-state index is 12.4. The lowest BCUT2D eigenvalue weighted by Gasteiger charge is -2.16. The minimum Gasteiger partial charge on any atom is -0.311 e. The Morgan fingerprint density at radius 1 is 1.48 bits per heavy atom. The van der Waals surface area contributed by atoms with E-state index < -0.39 is 4.92 Å². The summed E-state index contributed by atoms with van der Waals surface area (Å²) >= 11 is 3.21. The van der Waals surface area contributed by atoms with Crippen LogP contribution in [0.1, 0.15) is 6.42 Å². The molecule has 1 amide bonds. The van der Waals surface area contributed by atoms with Gasteiger partial charge in [0, 0.05) is 24.4 Å². The van der Waals surface area contributed by atoms with E-state index in [0.717, 1.165) is 23.1 Å². The predicted octanol–water partition coefficient (Wildman–Crippen LogP) is 2.54. The zero-order valence-electron chi connectivity index (χ0n) is 11.1. The lowest BCUT2D eigenvalue weighted by molar-refractivity contribution is -0.384. The Kier molecular flexibility index (Phi) is 4.16. The molecular formula is C13H13N3O3S2. The van der Waals surface area contributed by atoms with Crippen molar-refractivity contribution >= 4 is 45.2 Å². The molecule has 0 bridgehead atoms. The molecular weight excluding hydrogens is 310 g/mol. The monoisotopic (exact) mass is 323 g/mol. The van der Waals surface area contributed by atoms with Crippen LogP contribution in [-0.4, -0.2) is 39.3 Å². The number of amides is 1. The third kappa shape index (κ3) is 3.06. The first-order valence-corrected chi connectivity index (χ1v) is 8.41. The summed E-state index contributed by atoms with van der Waals surface area (Å²) in [5.74, 6) is 0.994. The number of nitrogens with zero attached hydrogens (tertiary/aromatic N) is 3. The minimum atomic E-state index is -0.444. The molecule has 2 aliphatic heterocycles. The average molecular weight is 323 g/mol. The summed E-state index contributed by atoms with van der Waals surface area (Å²) in [6.45, 7) is 1.41. The van der Waals surface area contributed by atoms with E-state index in [1.165, 1.54) is 23.9 Å². The van der Waals surface area contributed by atoms with Crippen LogP contribution in [0.15, 0.2) is 29.3 Å². The van der Waals surface area contributed by atoms with Crippen molar-refractivity contribution in [3.63, 3.8) is 0 Å². The summed E-state index contributed by atoms with van der Waals surface area (Å²) in [6, 6.07) is 6.23. The molecule has 0 unspecified atom stereocenters. The summed E-state index contributed by atoms with van der Waals surface area (Å²) in [5, 5.41) is 10.7. The molecule has 2 heterocycles. The predicted molar refractivity (Wildman–Crippen MR) is 86.2 cm³/mol. The molecule has 6 nitrogen and oxygen atoms in total. The molecule has 1 atom stereocenters. The Hall–Kier alpha value is -1.54. The van der Waals surface area contributed by atoms with Crippen LogP contribution in [0.25, 0.3) is 0 Å². The Balaban J connectivity index is 1.74. The van der Waals surface area contributed by atoms with Crippen LogP contribution >= 0.6 is 23.5 Å². The molecule has 0 saturated carbocycles. The topological polar surface area (TPSA) is 75.8 Å². The second-order valence-electron chi connectivity index (χ2n) is 4.66. The first-order valence-electron chi connectivity index (χ1n) is 6.55. The highest BCUT2D eigenvalue weighted by Gasteiger charge is 2.35. The van der Waals surface area contributed by atoms with Gasteiger partial charge in [-0.3, -0.25) is 19.9 Å². The molecule has 0 aliphatic carbocycles. The van der Waals surface area contributed by atoms with Crippen molar-refractivity contribution in [1.82, 2.24) is 0 Å². The van der Waals surface area contributed by atoms with Crippen LogP contribution in [0.2, 0.25) is 0 Å². The number of carbonyl (C=O) groups excluding carboxylic acids is 1. The van der Waals surface area contributed by atoms with E-state index in [1.807, 2.05) is 0 Å². The van der Waals surface area contributed by atoms with Crippen molar-refractivity contribution in [2.45, 2.75) is 11.7 Å². The normalized spacial score (nSPS) is 21.7. The van der Waals surface area contributed by atoms with Crippen molar-refractivity contribution in [2.75, 3.05) is 23.7 Å². The number of anilines is 1. The molecule has 0 aromatic heterocycles. The van der Waals surface area contributed by atoms with Crippen molar-refractivity contribution in [3.8, 4) is 0 Å². The Labute approximate surface area is 130 Å². The van der Waals surface area contributed by atoms with Gasteiger partial charge in [-0.1, -0.05) is 29.6 Å². The third-order valence-corrected chi connectivity index (χ3v) is 5.77. The van der Waals surface area contributed by atoms with E-state index in [0.29, 0.717) is 12.2 Å². The minimum absolute atomic E-state index is 0.00660. The van der Waals surface area contributed by atoms with E-state index in [-0.39, 0.29) is 16.8 Å². The average Bonchev–Trinajstić information content (AvgIpc) is 3.11. The summed E-state index contributed by atoms with van der Waals surface area (Å²) in [6.07, 6.45) is 0.742. The van der Waals surface area contributed by atoms with Crippen molar-refractivity contribution in [2.24, 2.45) is 4.99 Å². The number of hydrogen-bond acceptors (Lipinski definition) is 6. The highest BCUT2D eigenvalue weighted by molar-refractivity contribution is 8.39. The second kappa shape index (κ2) is 6.07. The van der Waals surface area contributed by atoms with E-state index in [4.69, 9.17) is 0 Å². The molecule has 0 radical (unpaired) electrons. The Morgan fingerprint density at radius 3 is 3.05 bits per heavy atom. The summed E-state index contributed by atoms with van der Waals surface area (Å²) < 4.78 is 0.981. The molecule has 0 N–H and O–H groups in total. The molecule has 1 fully saturated rings. The van der Waals surface area contributed by atoms with Gasteiger partial charge in [-0.15, -0.1) is 0 Å². The number of thioether (sulfide) groups is 2. The highest BCUT2D eigenvalue weighted by Crippen LogP contribution is 2.34. The molecule has 1 aromatic carbocycles. The van der Waals surface area contributed by atoms with Crippen LogP contribution < -0.4 is 4.90 Å². The van der Waals surface area contributed by atoms with Crippen LogP contribution in [0.5, 0.6) is 0 Å². The van der Waals surface area contributed by atoms with Gasteiger partial charge in [-0.25, -0.2) is 0 Å². The number of benzene rings is 1. The second-order valence-corrected chi connectivity index (χ2v) is 7.19. The van der Waals surface area contributed by atoms with Gasteiger partial charge < -0.3 is 4.90 Å². The molecule has 1 saturated heterocycles. The fourth-order valence-corrected chi connectivity index (χ4v) is 4.57. The number of hydrogen-bond donors (Lipinski definition) is 0. The maximum Gasteiger partial charge on any atom is 0.271 e. The van der Waals surface area contributed by atoms with E-state index >= 15 is 0 Å². The van der Waals surface area contributed by atoms with Gasteiger partial charge in [-0.05, 0) is 12.5 Å². The fraction of sp³-hybridized carbons (Fsp3) is 0.385. The fourth-order valence-electron chi connectivity index (χ4n) is 2.30. The quantitative estimate of drug-likeness (QED) is 0.631. The zero-order valence-corrected chi connectivity index (χ0v) is 12.7. The van der Waals surface area contributed by atoms with Crippen molar-refractivity contribution in [1.29, 1.82) is 0 Å². The van der Waals surface area contributed by atoms with Crippen LogP contribution in [0, 0.1) is 10.1 Å². The van der Waals surface area contributed by atoms with Gasteiger partial charge in [0.2, 0.25) is 5.91 Å². The molecule has 110 valence electrons. The smallest absolute Gasteiger partial charge is 0.271 e. The first kappa shape index (κ1) is 14.4. The van der Waals surface area contributed by atoms with Crippen molar-refractivity contribution < 1.29 is 9.72 Å².